The summed E-state index contributed by atoms with van der Waals surface area (Å²) in [5.74, 6) is 0.678. The van der Waals surface area contributed by atoms with Crippen molar-refractivity contribution >= 4 is 44.9 Å². The predicted molar refractivity (Wildman–Crippen MR) is 87.7 cm³/mol. The van der Waals surface area contributed by atoms with Crippen molar-refractivity contribution in [2.45, 2.75) is 10.4 Å². The third-order valence-corrected chi connectivity index (χ3v) is 6.01. The number of hydrogen-bond donors (Lipinski definition) is 2. The highest BCUT2D eigenvalue weighted by Crippen LogP contribution is 2.31. The van der Waals surface area contributed by atoms with Gasteiger partial charge in [-0.25, -0.2) is 4.98 Å². The average Bonchev–Trinajstić information content (AvgIpc) is 2.88. The molecule has 0 saturated carbocycles. The SMILES string of the molecule is O[C@@H](CSc1nc2cc(Cl)ccc2s1)C[NH+]1CCOCC1. The number of hydrogen-bond acceptors (Lipinski definition) is 5. The molecule has 0 radical (unpaired) electrons. The second-order valence-corrected chi connectivity index (χ2v) is 7.86. The van der Waals surface area contributed by atoms with Gasteiger partial charge in [-0.05, 0) is 18.2 Å². The van der Waals surface area contributed by atoms with E-state index in [2.05, 4.69) is 4.98 Å². The quantitative estimate of drug-likeness (QED) is 0.802. The number of nitrogens with one attached hydrogen (secondary N) is 1. The first-order valence-electron chi connectivity index (χ1n) is 6.99. The first-order chi connectivity index (χ1) is 10.2. The molecule has 1 fully saturated rings. The zero-order valence-corrected chi connectivity index (χ0v) is 13.9. The van der Waals surface area contributed by atoms with Gasteiger partial charge in [0.2, 0.25) is 0 Å². The maximum absolute atomic E-state index is 10.2. The van der Waals surface area contributed by atoms with E-state index in [-0.39, 0.29) is 6.10 Å². The van der Waals surface area contributed by atoms with Crippen molar-refractivity contribution < 1.29 is 14.7 Å². The standard InChI is InChI=1S/C14H17ClN2O2S2/c15-10-1-2-13-12(7-10)16-14(21-13)20-9-11(18)8-17-3-5-19-6-4-17/h1-2,7,11,18H,3-6,8-9H2/p+1/t11-/m1/s1. The molecule has 114 valence electrons. The van der Waals surface area contributed by atoms with Crippen LogP contribution in [-0.4, -0.2) is 54.8 Å². The number of aromatic nitrogens is 1. The third kappa shape index (κ3) is 4.31. The van der Waals surface area contributed by atoms with Crippen LogP contribution in [0.5, 0.6) is 0 Å². The molecule has 0 unspecified atom stereocenters. The Morgan fingerprint density at radius 1 is 1.43 bits per heavy atom. The van der Waals surface area contributed by atoms with Crippen molar-refractivity contribution in [1.29, 1.82) is 0 Å². The van der Waals surface area contributed by atoms with E-state index in [4.69, 9.17) is 16.3 Å². The van der Waals surface area contributed by atoms with Crippen molar-refractivity contribution in [3.8, 4) is 0 Å². The summed E-state index contributed by atoms with van der Waals surface area (Å²) in [7, 11) is 0. The summed E-state index contributed by atoms with van der Waals surface area (Å²) in [6.45, 7) is 4.36. The number of quaternary nitrogens is 1. The lowest BCUT2D eigenvalue weighted by Gasteiger charge is -2.25. The van der Waals surface area contributed by atoms with Crippen LogP contribution in [-0.2, 0) is 4.74 Å². The Morgan fingerprint density at radius 3 is 3.05 bits per heavy atom. The molecule has 1 atom stereocenters. The van der Waals surface area contributed by atoms with Crippen molar-refractivity contribution in [3.05, 3.63) is 23.2 Å². The molecule has 2 aromatic rings. The van der Waals surface area contributed by atoms with E-state index in [9.17, 15) is 5.11 Å². The van der Waals surface area contributed by atoms with Crippen molar-refractivity contribution in [2.75, 3.05) is 38.6 Å². The van der Waals surface area contributed by atoms with Gasteiger partial charge in [0.05, 0.1) is 23.4 Å². The average molecular weight is 346 g/mol. The minimum atomic E-state index is -0.307. The van der Waals surface area contributed by atoms with E-state index < -0.39 is 0 Å². The summed E-state index contributed by atoms with van der Waals surface area (Å²) in [5.41, 5.74) is 0.934. The number of ether oxygens (including phenoxy) is 1. The summed E-state index contributed by atoms with van der Waals surface area (Å²) >= 11 is 9.24. The Kier molecular flexibility index (Phi) is 5.37. The second kappa shape index (κ2) is 7.26. The Labute approximate surface area is 137 Å². The van der Waals surface area contributed by atoms with Gasteiger partial charge in [0.1, 0.15) is 25.7 Å². The van der Waals surface area contributed by atoms with Crippen LogP contribution in [0.3, 0.4) is 0 Å². The monoisotopic (exact) mass is 345 g/mol. The molecule has 0 bridgehead atoms. The van der Waals surface area contributed by atoms with E-state index >= 15 is 0 Å². The molecule has 21 heavy (non-hydrogen) atoms. The summed E-state index contributed by atoms with van der Waals surface area (Å²) in [6.07, 6.45) is -0.307. The van der Waals surface area contributed by atoms with Gasteiger partial charge >= 0.3 is 0 Å². The molecule has 3 rings (SSSR count). The number of aliphatic hydroxyl groups excluding tert-OH is 1. The molecule has 1 aliphatic heterocycles. The lowest BCUT2D eigenvalue weighted by molar-refractivity contribution is -0.910. The fraction of sp³-hybridized carbons (Fsp3) is 0.500. The number of nitrogens with zero attached hydrogens (tertiary/aromatic N) is 1. The summed E-state index contributed by atoms with van der Waals surface area (Å²) < 4.78 is 7.45. The minimum Gasteiger partial charge on any atom is -0.386 e. The number of rotatable bonds is 5. The number of halogens is 1. The highest BCUT2D eigenvalue weighted by Gasteiger charge is 2.18. The second-order valence-electron chi connectivity index (χ2n) is 5.12. The Morgan fingerprint density at radius 2 is 2.24 bits per heavy atom. The maximum Gasteiger partial charge on any atom is 0.151 e. The van der Waals surface area contributed by atoms with Crippen LogP contribution < -0.4 is 4.90 Å². The molecule has 2 heterocycles. The van der Waals surface area contributed by atoms with Crippen LogP contribution in [0.25, 0.3) is 10.2 Å². The molecule has 0 aliphatic carbocycles. The van der Waals surface area contributed by atoms with Gasteiger partial charge in [-0.2, -0.15) is 0 Å². The molecule has 2 N–H and O–H groups in total. The van der Waals surface area contributed by atoms with Crippen LogP contribution in [0.4, 0.5) is 0 Å². The van der Waals surface area contributed by atoms with E-state index in [1.54, 1.807) is 23.1 Å². The van der Waals surface area contributed by atoms with Crippen molar-refractivity contribution in [3.63, 3.8) is 0 Å². The topological polar surface area (TPSA) is 46.8 Å². The zero-order valence-electron chi connectivity index (χ0n) is 11.5. The number of thiazole rings is 1. The molecule has 1 saturated heterocycles. The maximum atomic E-state index is 10.2. The van der Waals surface area contributed by atoms with Gasteiger partial charge in [-0.3, -0.25) is 0 Å². The largest absolute Gasteiger partial charge is 0.386 e. The molecule has 0 amide bonds. The van der Waals surface area contributed by atoms with Gasteiger partial charge in [-0.15, -0.1) is 11.3 Å². The van der Waals surface area contributed by atoms with Gasteiger partial charge in [0.15, 0.2) is 4.34 Å². The molecular weight excluding hydrogens is 328 g/mol. The zero-order chi connectivity index (χ0) is 14.7. The summed E-state index contributed by atoms with van der Waals surface area (Å²) in [5, 5.41) is 10.9. The van der Waals surface area contributed by atoms with E-state index in [1.165, 1.54) is 4.90 Å². The highest BCUT2D eigenvalue weighted by atomic mass is 35.5. The van der Waals surface area contributed by atoms with Gasteiger partial charge in [0.25, 0.3) is 0 Å². The fourth-order valence-electron chi connectivity index (χ4n) is 2.37. The number of benzene rings is 1. The van der Waals surface area contributed by atoms with Crippen molar-refractivity contribution in [1.82, 2.24) is 4.98 Å². The van der Waals surface area contributed by atoms with Crippen molar-refractivity contribution in [2.24, 2.45) is 0 Å². The minimum absolute atomic E-state index is 0.307. The summed E-state index contributed by atoms with van der Waals surface area (Å²) in [4.78, 5) is 5.97. The molecule has 7 heteroatoms. The summed E-state index contributed by atoms with van der Waals surface area (Å²) in [6, 6.07) is 5.76. The van der Waals surface area contributed by atoms with Gasteiger partial charge in [0, 0.05) is 10.8 Å². The fourth-order valence-corrected chi connectivity index (χ4v) is 4.53. The Balaban J connectivity index is 1.53. The molecular formula is C14H18ClN2O2S2+. The molecule has 1 aromatic heterocycles. The van der Waals surface area contributed by atoms with Crippen LogP contribution >= 0.6 is 34.7 Å². The van der Waals surface area contributed by atoms with Crippen LogP contribution in [0, 0.1) is 0 Å². The lowest BCUT2D eigenvalue weighted by atomic mass is 10.3. The highest BCUT2D eigenvalue weighted by molar-refractivity contribution is 8.01. The molecule has 4 nitrogen and oxygen atoms in total. The van der Waals surface area contributed by atoms with Crippen LogP contribution in [0.2, 0.25) is 5.02 Å². The molecule has 1 aliphatic rings. The normalized spacial score (nSPS) is 18.2. The number of fused-ring (bicyclic) bond motifs is 1. The predicted octanol–water partition coefficient (Wildman–Crippen LogP) is 1.32. The van der Waals surface area contributed by atoms with Gasteiger partial charge < -0.3 is 14.7 Å². The number of thioether (sulfide) groups is 1. The number of aliphatic hydroxyl groups is 1. The lowest BCUT2D eigenvalue weighted by Crippen LogP contribution is -3.15. The third-order valence-electron chi connectivity index (χ3n) is 3.45. The van der Waals surface area contributed by atoms with E-state index in [0.29, 0.717) is 10.8 Å². The van der Waals surface area contributed by atoms with Crippen LogP contribution in [0.1, 0.15) is 0 Å². The number of morpholine rings is 1. The first-order valence-corrected chi connectivity index (χ1v) is 9.17. The molecule has 1 aromatic carbocycles. The Bertz CT molecular complexity index is 602. The van der Waals surface area contributed by atoms with E-state index in [1.807, 2.05) is 18.2 Å². The first kappa shape index (κ1) is 15.5. The van der Waals surface area contributed by atoms with Gasteiger partial charge in [-0.1, -0.05) is 23.4 Å². The van der Waals surface area contributed by atoms with Crippen LogP contribution in [0.15, 0.2) is 22.5 Å². The molecule has 0 spiro atoms. The van der Waals surface area contributed by atoms with E-state index in [0.717, 1.165) is 47.4 Å². The smallest absolute Gasteiger partial charge is 0.151 e. The Hall–Kier alpha value is -0.370.